The second-order valence-corrected chi connectivity index (χ2v) is 7.70. The van der Waals surface area contributed by atoms with Crippen molar-refractivity contribution in [1.82, 2.24) is 15.1 Å². The fourth-order valence-electron chi connectivity index (χ4n) is 1.69. The summed E-state index contributed by atoms with van der Waals surface area (Å²) in [7, 11) is 3.02. The van der Waals surface area contributed by atoms with E-state index in [4.69, 9.17) is 10.7 Å². The van der Waals surface area contributed by atoms with E-state index in [1.165, 1.54) is 4.90 Å². The van der Waals surface area contributed by atoms with Gasteiger partial charge in [-0.2, -0.15) is 5.10 Å². The van der Waals surface area contributed by atoms with Crippen LogP contribution in [0.25, 0.3) is 0 Å². The first-order valence-electron chi connectivity index (χ1n) is 6.36. The van der Waals surface area contributed by atoms with Gasteiger partial charge in [0.2, 0.25) is 0 Å². The van der Waals surface area contributed by atoms with Crippen LogP contribution in [-0.4, -0.2) is 42.0 Å². The molecule has 0 unspecified atom stereocenters. The molecule has 1 rings (SSSR count). The summed E-state index contributed by atoms with van der Waals surface area (Å²) in [5.41, 5.74) is -0.220. The summed E-state index contributed by atoms with van der Waals surface area (Å²) in [5, 5.41) is 6.42. The van der Waals surface area contributed by atoms with E-state index in [2.05, 4.69) is 10.2 Å². The zero-order chi connectivity index (χ0) is 15.7. The number of aromatic amines is 1. The van der Waals surface area contributed by atoms with Gasteiger partial charge in [-0.1, -0.05) is 13.8 Å². The van der Waals surface area contributed by atoms with E-state index in [0.717, 1.165) is 6.42 Å². The number of nitrogens with one attached hydrogen (secondary N) is 1. The Hall–Kier alpha value is -1.08. The van der Waals surface area contributed by atoms with Crippen LogP contribution in [0.3, 0.4) is 0 Å². The highest BCUT2D eigenvalue weighted by molar-refractivity contribution is 8.13. The Morgan fingerprint density at radius 1 is 1.40 bits per heavy atom. The molecular formula is C12H20ClN3O3S. The monoisotopic (exact) mass is 321 g/mol. The maximum atomic E-state index is 12.5. The maximum absolute atomic E-state index is 12.5. The van der Waals surface area contributed by atoms with Gasteiger partial charge in [-0.25, -0.2) is 8.42 Å². The lowest BCUT2D eigenvalue weighted by molar-refractivity contribution is 0.0610. The number of aromatic nitrogens is 2. The molecule has 0 radical (unpaired) electrons. The number of nitrogens with zero attached hydrogens (tertiary/aromatic N) is 2. The summed E-state index contributed by atoms with van der Waals surface area (Å²) in [4.78, 5) is 13.7. The van der Waals surface area contributed by atoms with Crippen molar-refractivity contribution in [3.8, 4) is 0 Å². The van der Waals surface area contributed by atoms with Gasteiger partial charge in [0.25, 0.3) is 15.0 Å². The van der Waals surface area contributed by atoms with Gasteiger partial charge in [-0.05, 0) is 26.7 Å². The summed E-state index contributed by atoms with van der Waals surface area (Å²) < 4.78 is 23.4. The second-order valence-electron chi connectivity index (χ2n) is 5.20. The van der Waals surface area contributed by atoms with Crippen LogP contribution in [0.5, 0.6) is 0 Å². The Kier molecular flexibility index (Phi) is 4.86. The smallest absolute Gasteiger partial charge is 0.275 e. The number of aryl methyl sites for hydroxylation is 1. The minimum absolute atomic E-state index is 0.152. The molecule has 0 aliphatic carbocycles. The molecule has 114 valence electrons. The highest BCUT2D eigenvalue weighted by Crippen LogP contribution is 2.26. The number of halogens is 1. The third-order valence-corrected chi connectivity index (χ3v) is 5.06. The third-order valence-electron chi connectivity index (χ3n) is 3.67. The first kappa shape index (κ1) is 17.0. The lowest BCUT2D eigenvalue weighted by atomic mass is 9.99. The molecule has 1 aromatic rings. The van der Waals surface area contributed by atoms with E-state index in [1.807, 2.05) is 20.8 Å². The van der Waals surface area contributed by atoms with Gasteiger partial charge in [0.05, 0.1) is 5.69 Å². The predicted octanol–water partition coefficient (Wildman–Crippen LogP) is 2.16. The minimum Gasteiger partial charge on any atom is -0.335 e. The fourth-order valence-corrected chi connectivity index (χ4v) is 3.03. The lowest BCUT2D eigenvalue weighted by Gasteiger charge is -2.34. The second kappa shape index (κ2) is 5.73. The Labute approximate surface area is 123 Å². The topological polar surface area (TPSA) is 83.1 Å². The average Bonchev–Trinajstić information content (AvgIpc) is 2.80. The van der Waals surface area contributed by atoms with Crippen LogP contribution < -0.4 is 0 Å². The molecule has 1 amide bonds. The van der Waals surface area contributed by atoms with E-state index in [-0.39, 0.29) is 10.6 Å². The van der Waals surface area contributed by atoms with Gasteiger partial charge in [0, 0.05) is 23.3 Å². The third kappa shape index (κ3) is 3.15. The SMILES string of the molecule is CCc1[nH]nc(C(=O)N(C)C(C)(C)CC)c1S(=O)(=O)Cl. The number of carbonyl (C=O) groups is 1. The molecule has 1 heterocycles. The van der Waals surface area contributed by atoms with E-state index in [9.17, 15) is 13.2 Å². The van der Waals surface area contributed by atoms with Gasteiger partial charge in [0.15, 0.2) is 5.69 Å². The van der Waals surface area contributed by atoms with Crippen molar-refractivity contribution in [1.29, 1.82) is 0 Å². The normalized spacial score (nSPS) is 12.5. The summed E-state index contributed by atoms with van der Waals surface area (Å²) in [6.45, 7) is 7.50. The van der Waals surface area contributed by atoms with Crippen LogP contribution in [0.15, 0.2) is 4.90 Å². The van der Waals surface area contributed by atoms with Crippen molar-refractivity contribution in [2.24, 2.45) is 0 Å². The van der Waals surface area contributed by atoms with Crippen molar-refractivity contribution >= 4 is 25.6 Å². The van der Waals surface area contributed by atoms with Crippen molar-refractivity contribution in [3.63, 3.8) is 0 Å². The van der Waals surface area contributed by atoms with E-state index < -0.39 is 20.5 Å². The Morgan fingerprint density at radius 3 is 2.35 bits per heavy atom. The molecule has 1 aromatic heterocycles. The fraction of sp³-hybridized carbons (Fsp3) is 0.667. The van der Waals surface area contributed by atoms with Crippen molar-refractivity contribution in [2.45, 2.75) is 51.0 Å². The zero-order valence-electron chi connectivity index (χ0n) is 12.3. The molecule has 8 heteroatoms. The quantitative estimate of drug-likeness (QED) is 0.842. The largest absolute Gasteiger partial charge is 0.335 e. The molecule has 0 spiro atoms. The summed E-state index contributed by atoms with van der Waals surface area (Å²) in [5.74, 6) is -0.466. The van der Waals surface area contributed by atoms with E-state index in [0.29, 0.717) is 12.1 Å². The minimum atomic E-state index is -4.03. The molecule has 0 saturated carbocycles. The molecular weight excluding hydrogens is 302 g/mol. The average molecular weight is 322 g/mol. The molecule has 0 aliphatic rings. The number of hydrogen-bond donors (Lipinski definition) is 1. The van der Waals surface area contributed by atoms with E-state index in [1.54, 1.807) is 14.0 Å². The van der Waals surface area contributed by atoms with Gasteiger partial charge in [0.1, 0.15) is 4.90 Å². The standard InChI is InChI=1S/C12H20ClN3O3S/c1-6-8-10(20(13,18)19)9(15-14-8)11(17)16(5)12(3,4)7-2/h6-7H2,1-5H3,(H,14,15). The van der Waals surface area contributed by atoms with Gasteiger partial charge < -0.3 is 4.90 Å². The molecule has 0 aromatic carbocycles. The van der Waals surface area contributed by atoms with Crippen LogP contribution in [-0.2, 0) is 15.5 Å². The predicted molar refractivity (Wildman–Crippen MR) is 77.5 cm³/mol. The molecule has 0 aliphatic heterocycles. The molecule has 0 bridgehead atoms. The Balaban J connectivity index is 3.35. The summed E-state index contributed by atoms with van der Waals surface area (Å²) in [6, 6.07) is 0. The van der Waals surface area contributed by atoms with Crippen LogP contribution >= 0.6 is 10.7 Å². The van der Waals surface area contributed by atoms with Crippen LogP contribution in [0.1, 0.15) is 50.3 Å². The van der Waals surface area contributed by atoms with Crippen LogP contribution in [0.2, 0.25) is 0 Å². The number of carbonyl (C=O) groups excluding carboxylic acids is 1. The Morgan fingerprint density at radius 2 is 1.95 bits per heavy atom. The molecule has 0 atom stereocenters. The number of hydrogen-bond acceptors (Lipinski definition) is 4. The first-order valence-corrected chi connectivity index (χ1v) is 8.67. The number of H-pyrrole nitrogens is 1. The van der Waals surface area contributed by atoms with Gasteiger partial charge in [-0.15, -0.1) is 0 Å². The highest BCUT2D eigenvalue weighted by Gasteiger charge is 2.33. The lowest BCUT2D eigenvalue weighted by Crippen LogP contribution is -2.44. The number of amides is 1. The molecule has 0 saturated heterocycles. The van der Waals surface area contributed by atoms with Crippen LogP contribution in [0.4, 0.5) is 0 Å². The number of rotatable bonds is 5. The zero-order valence-corrected chi connectivity index (χ0v) is 13.9. The van der Waals surface area contributed by atoms with Gasteiger partial charge >= 0.3 is 0 Å². The van der Waals surface area contributed by atoms with Crippen LogP contribution in [0, 0.1) is 0 Å². The highest BCUT2D eigenvalue weighted by atomic mass is 35.7. The molecule has 6 nitrogen and oxygen atoms in total. The summed E-state index contributed by atoms with van der Waals surface area (Å²) >= 11 is 0. The van der Waals surface area contributed by atoms with Crippen molar-refractivity contribution in [2.75, 3.05) is 7.05 Å². The summed E-state index contributed by atoms with van der Waals surface area (Å²) in [6.07, 6.45) is 1.12. The van der Waals surface area contributed by atoms with Gasteiger partial charge in [-0.3, -0.25) is 9.89 Å². The van der Waals surface area contributed by atoms with E-state index >= 15 is 0 Å². The maximum Gasteiger partial charge on any atom is 0.275 e. The first-order chi connectivity index (χ1) is 9.06. The van der Waals surface area contributed by atoms with Crippen molar-refractivity contribution < 1.29 is 13.2 Å². The van der Waals surface area contributed by atoms with Crippen molar-refractivity contribution in [3.05, 3.63) is 11.4 Å². The molecule has 0 fully saturated rings. The molecule has 1 N–H and O–H groups in total. The Bertz CT molecular complexity index is 607. The molecule has 20 heavy (non-hydrogen) atoms.